The van der Waals surface area contributed by atoms with Gasteiger partial charge in [0.25, 0.3) is 0 Å². The van der Waals surface area contributed by atoms with E-state index in [1.165, 1.54) is 6.07 Å². The van der Waals surface area contributed by atoms with E-state index in [1.54, 1.807) is 6.07 Å². The van der Waals surface area contributed by atoms with Gasteiger partial charge >= 0.3 is 0 Å². The number of rotatable bonds is 2. The third-order valence-corrected chi connectivity index (χ3v) is 4.82. The first-order valence-corrected chi connectivity index (χ1v) is 7.38. The molecule has 1 aliphatic heterocycles. The maximum absolute atomic E-state index is 14.0. The first-order valence-electron chi connectivity index (χ1n) is 6.40. The molecule has 0 unspecified atom stereocenters. The molecule has 0 amide bonds. The average molecular weight is 268 g/mol. The topological polar surface area (TPSA) is 29.3 Å². The molecule has 2 rings (SSSR count). The number of nitrogens with zero attached hydrogens (tertiary/aromatic N) is 1. The molecule has 0 bridgehead atoms. The molecule has 18 heavy (non-hydrogen) atoms. The van der Waals surface area contributed by atoms with Gasteiger partial charge < -0.3 is 10.6 Å². The Balaban J connectivity index is 2.26. The zero-order valence-electron chi connectivity index (χ0n) is 11.1. The number of halogens is 1. The molecule has 1 aliphatic rings. The van der Waals surface area contributed by atoms with Crippen LogP contribution in [0.5, 0.6) is 0 Å². The van der Waals surface area contributed by atoms with Crippen molar-refractivity contribution < 1.29 is 4.39 Å². The highest BCUT2D eigenvalue weighted by atomic mass is 32.2. The Kier molecular flexibility index (Phi) is 4.17. The second-order valence-electron chi connectivity index (χ2n) is 5.30. The first kappa shape index (κ1) is 13.7. The van der Waals surface area contributed by atoms with E-state index < -0.39 is 0 Å². The molecular formula is C14H21FN2S. The fraction of sp³-hybridized carbons (Fsp3) is 0.571. The van der Waals surface area contributed by atoms with E-state index in [0.29, 0.717) is 12.2 Å². The standard InChI is InChI=1S/C14H21FN2S/c1-14(2)6-7-17(8-9-18-14)13-11(10-16)4-3-5-12(13)15/h3-5H,6-10,16H2,1-2H3. The van der Waals surface area contributed by atoms with Gasteiger partial charge in [0.1, 0.15) is 5.82 Å². The van der Waals surface area contributed by atoms with Crippen molar-refractivity contribution in [1.82, 2.24) is 0 Å². The van der Waals surface area contributed by atoms with Gasteiger partial charge in [-0.25, -0.2) is 4.39 Å². The van der Waals surface area contributed by atoms with Crippen LogP contribution in [0.25, 0.3) is 0 Å². The maximum atomic E-state index is 14.0. The van der Waals surface area contributed by atoms with Gasteiger partial charge in [0.2, 0.25) is 0 Å². The maximum Gasteiger partial charge on any atom is 0.146 e. The minimum absolute atomic E-state index is 0.150. The van der Waals surface area contributed by atoms with Gasteiger partial charge in [0.15, 0.2) is 0 Å². The average Bonchev–Trinajstić information content (AvgIpc) is 2.50. The number of para-hydroxylation sites is 1. The summed E-state index contributed by atoms with van der Waals surface area (Å²) < 4.78 is 14.3. The molecule has 2 nitrogen and oxygen atoms in total. The SMILES string of the molecule is CC1(C)CCN(c2c(F)cccc2CN)CCS1. The molecule has 0 aliphatic carbocycles. The predicted octanol–water partition coefficient (Wildman–Crippen LogP) is 3.01. The van der Waals surface area contributed by atoms with Gasteiger partial charge in [-0.05, 0) is 18.1 Å². The fourth-order valence-corrected chi connectivity index (χ4v) is 3.42. The van der Waals surface area contributed by atoms with E-state index in [-0.39, 0.29) is 10.6 Å². The van der Waals surface area contributed by atoms with Crippen molar-refractivity contribution in [2.45, 2.75) is 31.6 Å². The third-order valence-electron chi connectivity index (χ3n) is 3.44. The highest BCUT2D eigenvalue weighted by Crippen LogP contribution is 2.34. The number of nitrogens with two attached hydrogens (primary N) is 1. The van der Waals surface area contributed by atoms with Gasteiger partial charge in [-0.15, -0.1) is 0 Å². The second kappa shape index (κ2) is 5.49. The summed E-state index contributed by atoms with van der Waals surface area (Å²) in [5.41, 5.74) is 7.33. The lowest BCUT2D eigenvalue weighted by Gasteiger charge is -2.26. The van der Waals surface area contributed by atoms with Gasteiger partial charge in [0, 0.05) is 30.1 Å². The monoisotopic (exact) mass is 268 g/mol. The zero-order chi connectivity index (χ0) is 13.2. The molecule has 0 saturated carbocycles. The van der Waals surface area contributed by atoms with Crippen molar-refractivity contribution in [2.24, 2.45) is 5.73 Å². The lowest BCUT2D eigenvalue weighted by Crippen LogP contribution is -2.29. The molecule has 1 aromatic rings. The number of benzene rings is 1. The number of anilines is 1. The second-order valence-corrected chi connectivity index (χ2v) is 7.10. The summed E-state index contributed by atoms with van der Waals surface area (Å²) in [6.07, 6.45) is 1.07. The van der Waals surface area contributed by atoms with Crippen molar-refractivity contribution in [3.63, 3.8) is 0 Å². The molecule has 1 saturated heterocycles. The lowest BCUT2D eigenvalue weighted by atomic mass is 10.1. The van der Waals surface area contributed by atoms with Crippen LogP contribution in [0.1, 0.15) is 25.8 Å². The summed E-state index contributed by atoms with van der Waals surface area (Å²) in [5, 5.41) is 0. The Hall–Kier alpha value is -0.740. The quantitative estimate of drug-likeness (QED) is 0.894. The Morgan fingerprint density at radius 2 is 2.17 bits per heavy atom. The Bertz CT molecular complexity index is 420. The van der Waals surface area contributed by atoms with Crippen LogP contribution < -0.4 is 10.6 Å². The van der Waals surface area contributed by atoms with Crippen molar-refractivity contribution in [2.75, 3.05) is 23.7 Å². The third kappa shape index (κ3) is 2.98. The molecule has 1 aromatic carbocycles. The van der Waals surface area contributed by atoms with Crippen molar-refractivity contribution >= 4 is 17.4 Å². The number of thioether (sulfide) groups is 1. The smallest absolute Gasteiger partial charge is 0.146 e. The fourth-order valence-electron chi connectivity index (χ4n) is 2.32. The minimum Gasteiger partial charge on any atom is -0.368 e. The van der Waals surface area contributed by atoms with Crippen molar-refractivity contribution in [1.29, 1.82) is 0 Å². The summed E-state index contributed by atoms with van der Waals surface area (Å²) in [5.74, 6) is 0.883. The molecule has 100 valence electrons. The van der Waals surface area contributed by atoms with Crippen LogP contribution in [0.15, 0.2) is 18.2 Å². The Morgan fingerprint density at radius 3 is 2.89 bits per heavy atom. The molecule has 4 heteroatoms. The van der Waals surface area contributed by atoms with Gasteiger partial charge in [0.05, 0.1) is 5.69 Å². The van der Waals surface area contributed by atoms with Gasteiger partial charge in [-0.3, -0.25) is 0 Å². The highest BCUT2D eigenvalue weighted by molar-refractivity contribution is 8.00. The van der Waals surface area contributed by atoms with E-state index in [1.807, 2.05) is 17.8 Å². The summed E-state index contributed by atoms with van der Waals surface area (Å²) in [6, 6.07) is 5.18. The molecule has 0 atom stereocenters. The summed E-state index contributed by atoms with van der Waals surface area (Å²) >= 11 is 1.96. The van der Waals surface area contributed by atoms with Crippen LogP contribution >= 0.6 is 11.8 Å². The summed E-state index contributed by atoms with van der Waals surface area (Å²) in [6.45, 7) is 6.69. The summed E-state index contributed by atoms with van der Waals surface area (Å²) in [4.78, 5) is 2.15. The molecule has 2 N–H and O–H groups in total. The normalized spacial score (nSPS) is 19.7. The zero-order valence-corrected chi connectivity index (χ0v) is 11.9. The van der Waals surface area contributed by atoms with Crippen LogP contribution in [0.3, 0.4) is 0 Å². The Labute approximate surface area is 113 Å². The van der Waals surface area contributed by atoms with Crippen LogP contribution in [-0.4, -0.2) is 23.6 Å². The molecule has 1 fully saturated rings. The Morgan fingerprint density at radius 1 is 1.39 bits per heavy atom. The van der Waals surface area contributed by atoms with E-state index in [4.69, 9.17) is 5.73 Å². The molecule has 1 heterocycles. The van der Waals surface area contributed by atoms with Gasteiger partial charge in [-0.1, -0.05) is 26.0 Å². The van der Waals surface area contributed by atoms with Crippen molar-refractivity contribution in [3.8, 4) is 0 Å². The van der Waals surface area contributed by atoms with E-state index in [0.717, 1.165) is 30.8 Å². The molecular weight excluding hydrogens is 247 g/mol. The van der Waals surface area contributed by atoms with E-state index in [2.05, 4.69) is 18.7 Å². The number of hydrogen-bond donors (Lipinski definition) is 1. The molecule has 0 spiro atoms. The van der Waals surface area contributed by atoms with Crippen LogP contribution in [0.4, 0.5) is 10.1 Å². The van der Waals surface area contributed by atoms with E-state index >= 15 is 0 Å². The highest BCUT2D eigenvalue weighted by Gasteiger charge is 2.25. The van der Waals surface area contributed by atoms with Gasteiger partial charge in [-0.2, -0.15) is 11.8 Å². The first-order chi connectivity index (χ1) is 8.53. The lowest BCUT2D eigenvalue weighted by molar-refractivity contribution is 0.599. The largest absolute Gasteiger partial charge is 0.368 e. The number of hydrogen-bond acceptors (Lipinski definition) is 3. The molecule has 0 aromatic heterocycles. The van der Waals surface area contributed by atoms with Crippen LogP contribution in [-0.2, 0) is 6.54 Å². The van der Waals surface area contributed by atoms with Crippen molar-refractivity contribution in [3.05, 3.63) is 29.6 Å². The predicted molar refractivity (Wildman–Crippen MR) is 77.7 cm³/mol. The van der Waals surface area contributed by atoms with E-state index in [9.17, 15) is 4.39 Å². The minimum atomic E-state index is -0.150. The van der Waals surface area contributed by atoms with Crippen LogP contribution in [0, 0.1) is 5.82 Å². The molecule has 0 radical (unpaired) electrons. The summed E-state index contributed by atoms with van der Waals surface area (Å²) in [7, 11) is 0. The van der Waals surface area contributed by atoms with Crippen LogP contribution in [0.2, 0.25) is 0 Å².